The maximum absolute atomic E-state index is 11.7. The monoisotopic (exact) mass is 260 g/mol. The first kappa shape index (κ1) is 13.1. The highest BCUT2D eigenvalue weighted by Crippen LogP contribution is 2.26. The average Bonchev–Trinajstić information content (AvgIpc) is 2.65. The Bertz CT molecular complexity index is 695. The Balaban J connectivity index is 2.63. The lowest BCUT2D eigenvalue weighted by Gasteiger charge is -2.09. The molecule has 0 fully saturated rings. The predicted molar refractivity (Wildman–Crippen MR) is 72.4 cm³/mol. The summed E-state index contributed by atoms with van der Waals surface area (Å²) < 4.78 is 0. The number of aromatic nitrogens is 2. The molecular weight excluding hydrogens is 244 g/mol. The molecule has 1 aromatic carbocycles. The van der Waals surface area contributed by atoms with E-state index in [0.29, 0.717) is 5.69 Å². The minimum atomic E-state index is -1.02. The van der Waals surface area contributed by atoms with Gasteiger partial charge in [0, 0.05) is 5.56 Å². The number of H-pyrrole nitrogens is 2. The normalized spacial score (nSPS) is 10.7. The number of nitrogens with one attached hydrogen (secondary N) is 2. The van der Waals surface area contributed by atoms with Crippen LogP contribution in [0.1, 0.15) is 22.3 Å². The SMILES string of the molecule is Cc1cc(C)c(-c2[nH][nH]c(=O)c2CC(=O)O)cc1C. The molecule has 0 aliphatic carbocycles. The Hall–Kier alpha value is -2.30. The van der Waals surface area contributed by atoms with E-state index in [0.717, 1.165) is 16.7 Å². The lowest BCUT2D eigenvalue weighted by molar-refractivity contribution is -0.136. The van der Waals surface area contributed by atoms with Crippen molar-refractivity contribution in [1.82, 2.24) is 10.2 Å². The van der Waals surface area contributed by atoms with Crippen LogP contribution in [-0.2, 0) is 11.2 Å². The first-order valence-corrected chi connectivity index (χ1v) is 5.99. The van der Waals surface area contributed by atoms with Gasteiger partial charge in [0.15, 0.2) is 0 Å². The summed E-state index contributed by atoms with van der Waals surface area (Å²) in [4.78, 5) is 22.5. The summed E-state index contributed by atoms with van der Waals surface area (Å²) >= 11 is 0. The molecule has 0 aliphatic heterocycles. The number of aryl methyl sites for hydroxylation is 3. The number of rotatable bonds is 3. The van der Waals surface area contributed by atoms with Crippen molar-refractivity contribution in [3.8, 4) is 11.3 Å². The van der Waals surface area contributed by atoms with Crippen molar-refractivity contribution < 1.29 is 9.90 Å². The van der Waals surface area contributed by atoms with E-state index in [2.05, 4.69) is 10.2 Å². The van der Waals surface area contributed by atoms with Crippen LogP contribution in [0.4, 0.5) is 0 Å². The third-order valence-electron chi connectivity index (χ3n) is 3.31. The zero-order valence-electron chi connectivity index (χ0n) is 11.1. The van der Waals surface area contributed by atoms with Gasteiger partial charge in [0.25, 0.3) is 5.56 Å². The summed E-state index contributed by atoms with van der Waals surface area (Å²) in [6.45, 7) is 5.95. The molecule has 0 amide bonds. The van der Waals surface area contributed by atoms with Crippen LogP contribution in [0.15, 0.2) is 16.9 Å². The lowest BCUT2D eigenvalue weighted by Crippen LogP contribution is -2.11. The first-order valence-electron chi connectivity index (χ1n) is 5.99. The Labute approximate surface area is 110 Å². The number of carboxylic acid groups (broad SMARTS) is 1. The van der Waals surface area contributed by atoms with Crippen LogP contribution < -0.4 is 5.56 Å². The van der Waals surface area contributed by atoms with E-state index in [9.17, 15) is 9.59 Å². The molecule has 3 N–H and O–H groups in total. The number of benzene rings is 1. The van der Waals surface area contributed by atoms with Gasteiger partial charge < -0.3 is 5.11 Å². The fourth-order valence-electron chi connectivity index (χ4n) is 2.16. The van der Waals surface area contributed by atoms with Crippen molar-refractivity contribution in [3.05, 3.63) is 44.7 Å². The Morgan fingerprint density at radius 2 is 1.74 bits per heavy atom. The van der Waals surface area contributed by atoms with Gasteiger partial charge >= 0.3 is 5.97 Å². The van der Waals surface area contributed by atoms with E-state index in [-0.39, 0.29) is 17.5 Å². The van der Waals surface area contributed by atoms with Crippen molar-refractivity contribution in [3.63, 3.8) is 0 Å². The molecule has 0 radical (unpaired) electrons. The molecule has 0 saturated carbocycles. The van der Waals surface area contributed by atoms with Crippen molar-refractivity contribution in [2.24, 2.45) is 0 Å². The zero-order valence-corrected chi connectivity index (χ0v) is 11.1. The molecule has 0 atom stereocenters. The third kappa shape index (κ3) is 2.45. The summed E-state index contributed by atoms with van der Waals surface area (Å²) in [7, 11) is 0. The van der Waals surface area contributed by atoms with Crippen molar-refractivity contribution in [2.75, 3.05) is 0 Å². The Kier molecular flexibility index (Phi) is 3.29. The second-order valence-electron chi connectivity index (χ2n) is 4.75. The maximum atomic E-state index is 11.7. The zero-order chi connectivity index (χ0) is 14.2. The van der Waals surface area contributed by atoms with Gasteiger partial charge in [-0.1, -0.05) is 6.07 Å². The quantitative estimate of drug-likeness (QED) is 0.788. The second-order valence-corrected chi connectivity index (χ2v) is 4.75. The van der Waals surface area contributed by atoms with Gasteiger partial charge in [-0.05, 0) is 43.5 Å². The molecule has 0 aliphatic rings. The highest BCUT2D eigenvalue weighted by Gasteiger charge is 2.16. The molecule has 5 nitrogen and oxygen atoms in total. The fourth-order valence-corrected chi connectivity index (χ4v) is 2.16. The van der Waals surface area contributed by atoms with Crippen LogP contribution in [0.2, 0.25) is 0 Å². The average molecular weight is 260 g/mol. The molecule has 1 heterocycles. The van der Waals surface area contributed by atoms with E-state index in [4.69, 9.17) is 5.11 Å². The van der Waals surface area contributed by atoms with Gasteiger partial charge in [-0.25, -0.2) is 0 Å². The predicted octanol–water partition coefficient (Wildman–Crippen LogP) is 1.92. The highest BCUT2D eigenvalue weighted by atomic mass is 16.4. The summed E-state index contributed by atoms with van der Waals surface area (Å²) in [6.07, 6.45) is -0.291. The maximum Gasteiger partial charge on any atom is 0.308 e. The molecule has 2 rings (SSSR count). The minimum absolute atomic E-state index is 0.263. The topological polar surface area (TPSA) is 86.0 Å². The van der Waals surface area contributed by atoms with Crippen LogP contribution in [0, 0.1) is 20.8 Å². The molecule has 19 heavy (non-hydrogen) atoms. The summed E-state index contributed by atoms with van der Waals surface area (Å²) in [6, 6.07) is 4.00. The molecule has 0 bridgehead atoms. The molecule has 2 aromatic rings. The number of carbonyl (C=O) groups is 1. The van der Waals surface area contributed by atoms with Gasteiger partial charge in [0.05, 0.1) is 17.7 Å². The summed E-state index contributed by atoms with van der Waals surface area (Å²) in [5.74, 6) is -1.02. The van der Waals surface area contributed by atoms with Gasteiger partial charge in [-0.2, -0.15) is 0 Å². The van der Waals surface area contributed by atoms with Gasteiger partial charge in [0.1, 0.15) is 0 Å². The number of aromatic amines is 2. The van der Waals surface area contributed by atoms with E-state index in [1.807, 2.05) is 32.9 Å². The van der Waals surface area contributed by atoms with Crippen LogP contribution in [0.3, 0.4) is 0 Å². The van der Waals surface area contributed by atoms with E-state index in [1.165, 1.54) is 5.56 Å². The second kappa shape index (κ2) is 4.76. The fraction of sp³-hybridized carbons (Fsp3) is 0.286. The van der Waals surface area contributed by atoms with E-state index < -0.39 is 5.97 Å². The standard InChI is InChI=1S/C14H16N2O3/c1-7-4-9(3)10(5-8(7)2)13-11(6-12(17)18)14(19)16-15-13/h4-5H,6H2,1-3H3,(H,17,18)(H2,15,16,19). The molecule has 100 valence electrons. The van der Waals surface area contributed by atoms with Gasteiger partial charge in [-0.3, -0.25) is 19.8 Å². The molecule has 0 saturated heterocycles. The minimum Gasteiger partial charge on any atom is -0.481 e. The highest BCUT2D eigenvalue weighted by molar-refractivity contribution is 5.76. The van der Waals surface area contributed by atoms with Crippen molar-refractivity contribution in [1.29, 1.82) is 0 Å². The smallest absolute Gasteiger partial charge is 0.308 e. The molecule has 0 unspecified atom stereocenters. The Morgan fingerprint density at radius 1 is 1.11 bits per heavy atom. The lowest BCUT2D eigenvalue weighted by atomic mass is 9.96. The van der Waals surface area contributed by atoms with Crippen molar-refractivity contribution in [2.45, 2.75) is 27.2 Å². The largest absolute Gasteiger partial charge is 0.481 e. The molecule has 1 aromatic heterocycles. The molecule has 0 spiro atoms. The van der Waals surface area contributed by atoms with Crippen LogP contribution in [0.25, 0.3) is 11.3 Å². The van der Waals surface area contributed by atoms with Gasteiger partial charge in [-0.15, -0.1) is 0 Å². The van der Waals surface area contributed by atoms with Crippen LogP contribution in [-0.4, -0.2) is 21.3 Å². The van der Waals surface area contributed by atoms with Crippen molar-refractivity contribution >= 4 is 5.97 Å². The number of aliphatic carboxylic acids is 1. The van der Waals surface area contributed by atoms with Crippen LogP contribution >= 0.6 is 0 Å². The van der Waals surface area contributed by atoms with Crippen LogP contribution in [0.5, 0.6) is 0 Å². The molecular formula is C14H16N2O3. The van der Waals surface area contributed by atoms with E-state index >= 15 is 0 Å². The number of hydrogen-bond acceptors (Lipinski definition) is 2. The number of hydrogen-bond donors (Lipinski definition) is 3. The molecule has 5 heteroatoms. The third-order valence-corrected chi connectivity index (χ3v) is 3.31. The van der Waals surface area contributed by atoms with Gasteiger partial charge in [0.2, 0.25) is 0 Å². The summed E-state index contributed by atoms with van der Waals surface area (Å²) in [5, 5.41) is 14.1. The van der Waals surface area contributed by atoms with E-state index in [1.54, 1.807) is 0 Å². The number of carboxylic acids is 1. The Morgan fingerprint density at radius 3 is 2.37 bits per heavy atom. The summed E-state index contributed by atoms with van der Waals surface area (Å²) in [5.41, 5.74) is 4.58. The first-order chi connectivity index (χ1) is 8.90.